The second kappa shape index (κ2) is 8.53. The first-order valence-electron chi connectivity index (χ1n) is 7.55. The van der Waals surface area contributed by atoms with Crippen LogP contribution in [0.25, 0.3) is 0 Å². The molecule has 0 bridgehead atoms. The van der Waals surface area contributed by atoms with Crippen LogP contribution >= 0.6 is 0 Å². The highest BCUT2D eigenvalue weighted by Gasteiger charge is 2.14. The van der Waals surface area contributed by atoms with Crippen molar-refractivity contribution in [2.24, 2.45) is 0 Å². The lowest BCUT2D eigenvalue weighted by Gasteiger charge is -2.12. The summed E-state index contributed by atoms with van der Waals surface area (Å²) in [5.74, 6) is 0.177. The normalized spacial score (nSPS) is 9.88. The van der Waals surface area contributed by atoms with Crippen molar-refractivity contribution in [3.05, 3.63) is 72.3 Å². The van der Waals surface area contributed by atoms with Gasteiger partial charge >= 0.3 is 0 Å². The largest absolute Gasteiger partial charge is 0.496 e. The Bertz CT molecular complexity index is 741. The number of hydrogen-bond donors (Lipinski definition) is 2. The van der Waals surface area contributed by atoms with Crippen molar-refractivity contribution in [3.8, 4) is 5.75 Å². The van der Waals surface area contributed by atoms with Crippen molar-refractivity contribution in [1.82, 2.24) is 5.32 Å². The molecule has 5 nitrogen and oxygen atoms in total. The average Bonchev–Trinajstić information content (AvgIpc) is 2.60. The van der Waals surface area contributed by atoms with Gasteiger partial charge < -0.3 is 15.4 Å². The van der Waals surface area contributed by atoms with Crippen molar-refractivity contribution < 1.29 is 14.3 Å². The quantitative estimate of drug-likeness (QED) is 0.770. The lowest BCUT2D eigenvalue weighted by molar-refractivity contribution is -0.115. The molecule has 0 saturated carbocycles. The minimum atomic E-state index is -0.261. The molecule has 24 heavy (non-hydrogen) atoms. The van der Waals surface area contributed by atoms with E-state index in [0.29, 0.717) is 23.5 Å². The molecule has 0 aliphatic carbocycles. The van der Waals surface area contributed by atoms with Gasteiger partial charge in [0, 0.05) is 12.1 Å². The highest BCUT2D eigenvalue weighted by molar-refractivity contribution is 6.04. The Labute approximate surface area is 141 Å². The molecule has 0 heterocycles. The standard InChI is InChI=1S/C19H20N2O3/c1-3-12-20-19(23)15-9-5-6-10-16(15)21-18(22)13-14-8-4-7-11-17(14)24-2/h3-11H,1,12-13H2,2H3,(H,20,23)(H,21,22). The zero-order valence-corrected chi connectivity index (χ0v) is 13.5. The second-order valence-electron chi connectivity index (χ2n) is 5.08. The predicted molar refractivity (Wildman–Crippen MR) is 94.3 cm³/mol. The monoisotopic (exact) mass is 324 g/mol. The van der Waals surface area contributed by atoms with Crippen LogP contribution in [0.5, 0.6) is 5.75 Å². The van der Waals surface area contributed by atoms with Gasteiger partial charge in [0.2, 0.25) is 5.91 Å². The van der Waals surface area contributed by atoms with Crippen LogP contribution in [-0.4, -0.2) is 25.5 Å². The molecular weight excluding hydrogens is 304 g/mol. The van der Waals surface area contributed by atoms with Gasteiger partial charge in [-0.3, -0.25) is 9.59 Å². The molecule has 2 amide bonds. The smallest absolute Gasteiger partial charge is 0.253 e. The van der Waals surface area contributed by atoms with Crippen molar-refractivity contribution in [2.75, 3.05) is 19.0 Å². The molecule has 0 fully saturated rings. The summed E-state index contributed by atoms with van der Waals surface area (Å²) in [5, 5.41) is 5.49. The molecule has 5 heteroatoms. The van der Waals surface area contributed by atoms with Crippen LogP contribution in [0.4, 0.5) is 5.69 Å². The molecule has 2 rings (SSSR count). The van der Waals surface area contributed by atoms with Crippen LogP contribution in [0.1, 0.15) is 15.9 Å². The Hall–Kier alpha value is -3.08. The van der Waals surface area contributed by atoms with Crippen LogP contribution in [-0.2, 0) is 11.2 Å². The zero-order chi connectivity index (χ0) is 17.4. The Morgan fingerprint density at radius 1 is 1.12 bits per heavy atom. The molecule has 0 saturated heterocycles. The lowest BCUT2D eigenvalue weighted by atomic mass is 10.1. The maximum absolute atomic E-state index is 12.3. The van der Waals surface area contributed by atoms with Crippen molar-refractivity contribution in [2.45, 2.75) is 6.42 Å². The number of methoxy groups -OCH3 is 1. The first-order chi connectivity index (χ1) is 11.7. The van der Waals surface area contributed by atoms with E-state index in [-0.39, 0.29) is 18.2 Å². The molecule has 0 unspecified atom stereocenters. The summed E-state index contributed by atoms with van der Waals surface area (Å²) in [6, 6.07) is 14.2. The molecule has 124 valence electrons. The Balaban J connectivity index is 2.12. The van der Waals surface area contributed by atoms with E-state index < -0.39 is 0 Å². The maximum Gasteiger partial charge on any atom is 0.253 e. The van der Waals surface area contributed by atoms with Gasteiger partial charge in [0.1, 0.15) is 5.75 Å². The van der Waals surface area contributed by atoms with Gasteiger partial charge in [-0.2, -0.15) is 0 Å². The number of para-hydroxylation sites is 2. The number of carbonyl (C=O) groups is 2. The van der Waals surface area contributed by atoms with Gasteiger partial charge in [-0.25, -0.2) is 0 Å². The summed E-state index contributed by atoms with van der Waals surface area (Å²) in [4.78, 5) is 24.5. The minimum Gasteiger partial charge on any atom is -0.496 e. The Kier molecular flexibility index (Phi) is 6.14. The zero-order valence-electron chi connectivity index (χ0n) is 13.5. The van der Waals surface area contributed by atoms with Gasteiger partial charge in [0.25, 0.3) is 5.91 Å². The fraction of sp³-hybridized carbons (Fsp3) is 0.158. The van der Waals surface area contributed by atoms with Crippen LogP contribution in [0.3, 0.4) is 0 Å². The van der Waals surface area contributed by atoms with Gasteiger partial charge in [0.05, 0.1) is 24.8 Å². The molecule has 0 radical (unpaired) electrons. The first kappa shape index (κ1) is 17.3. The molecule has 0 spiro atoms. The molecule has 2 aromatic carbocycles. The first-order valence-corrected chi connectivity index (χ1v) is 7.55. The summed E-state index contributed by atoms with van der Waals surface area (Å²) in [6.45, 7) is 3.93. The molecular formula is C19H20N2O3. The van der Waals surface area contributed by atoms with E-state index in [1.807, 2.05) is 18.2 Å². The van der Waals surface area contributed by atoms with Crippen LogP contribution in [0.15, 0.2) is 61.2 Å². The highest BCUT2D eigenvalue weighted by atomic mass is 16.5. The SMILES string of the molecule is C=CCNC(=O)c1ccccc1NC(=O)Cc1ccccc1OC. The Morgan fingerprint density at radius 3 is 2.58 bits per heavy atom. The molecule has 2 N–H and O–H groups in total. The number of carbonyl (C=O) groups excluding carboxylic acids is 2. The fourth-order valence-corrected chi connectivity index (χ4v) is 2.27. The van der Waals surface area contributed by atoms with E-state index in [2.05, 4.69) is 17.2 Å². The van der Waals surface area contributed by atoms with Crippen LogP contribution in [0, 0.1) is 0 Å². The van der Waals surface area contributed by atoms with E-state index in [9.17, 15) is 9.59 Å². The van der Waals surface area contributed by atoms with E-state index in [4.69, 9.17) is 4.74 Å². The number of hydrogen-bond acceptors (Lipinski definition) is 3. The van der Waals surface area contributed by atoms with Gasteiger partial charge in [-0.1, -0.05) is 36.4 Å². The third-order valence-electron chi connectivity index (χ3n) is 3.40. The number of amides is 2. The second-order valence-corrected chi connectivity index (χ2v) is 5.08. The minimum absolute atomic E-state index is 0.159. The van der Waals surface area contributed by atoms with E-state index in [0.717, 1.165) is 5.56 Å². The van der Waals surface area contributed by atoms with Crippen molar-refractivity contribution in [3.63, 3.8) is 0 Å². The van der Waals surface area contributed by atoms with Gasteiger partial charge in [-0.05, 0) is 18.2 Å². The van der Waals surface area contributed by atoms with E-state index in [1.54, 1.807) is 43.5 Å². The number of rotatable bonds is 7. The maximum atomic E-state index is 12.3. The van der Waals surface area contributed by atoms with Crippen LogP contribution in [0.2, 0.25) is 0 Å². The Morgan fingerprint density at radius 2 is 1.83 bits per heavy atom. The van der Waals surface area contributed by atoms with Gasteiger partial charge in [0.15, 0.2) is 0 Å². The topological polar surface area (TPSA) is 67.4 Å². The molecule has 0 atom stereocenters. The van der Waals surface area contributed by atoms with Crippen LogP contribution < -0.4 is 15.4 Å². The van der Waals surface area contributed by atoms with E-state index in [1.165, 1.54) is 0 Å². The summed E-state index contributed by atoms with van der Waals surface area (Å²) in [7, 11) is 1.57. The summed E-state index contributed by atoms with van der Waals surface area (Å²) in [5.41, 5.74) is 1.66. The number of benzene rings is 2. The lowest BCUT2D eigenvalue weighted by Crippen LogP contribution is -2.25. The fourth-order valence-electron chi connectivity index (χ4n) is 2.27. The molecule has 0 aliphatic rings. The molecule has 0 aromatic heterocycles. The number of anilines is 1. The summed E-state index contributed by atoms with van der Waals surface area (Å²) in [6.07, 6.45) is 1.76. The molecule has 2 aromatic rings. The summed E-state index contributed by atoms with van der Waals surface area (Å²) >= 11 is 0. The van der Waals surface area contributed by atoms with Crippen molar-refractivity contribution >= 4 is 17.5 Å². The third kappa shape index (κ3) is 4.46. The summed E-state index contributed by atoms with van der Waals surface area (Å²) < 4.78 is 5.25. The van der Waals surface area contributed by atoms with Gasteiger partial charge in [-0.15, -0.1) is 6.58 Å². The highest BCUT2D eigenvalue weighted by Crippen LogP contribution is 2.19. The third-order valence-corrected chi connectivity index (χ3v) is 3.40. The van der Waals surface area contributed by atoms with E-state index >= 15 is 0 Å². The average molecular weight is 324 g/mol. The molecule has 0 aliphatic heterocycles. The number of nitrogens with one attached hydrogen (secondary N) is 2. The number of ether oxygens (including phenoxy) is 1. The predicted octanol–water partition coefficient (Wildman–Crippen LogP) is 2.79. The van der Waals surface area contributed by atoms with Crippen molar-refractivity contribution in [1.29, 1.82) is 0 Å².